The minimum absolute atomic E-state index is 0.397. The molecule has 166 valence electrons. The highest BCUT2D eigenvalue weighted by atomic mass is 127. The van der Waals surface area contributed by atoms with Crippen molar-refractivity contribution in [2.75, 3.05) is 4.93 Å². The van der Waals surface area contributed by atoms with Gasteiger partial charge in [0.25, 0.3) is 0 Å². The van der Waals surface area contributed by atoms with Crippen molar-refractivity contribution in [3.63, 3.8) is 0 Å². The molecule has 0 saturated carbocycles. The zero-order chi connectivity index (χ0) is 22.4. The first kappa shape index (κ1) is 23.6. The van der Waals surface area contributed by atoms with Crippen LogP contribution in [0.3, 0.4) is 0 Å². The highest BCUT2D eigenvalue weighted by molar-refractivity contribution is 14.1. The van der Waals surface area contributed by atoms with E-state index in [9.17, 15) is 9.59 Å². The molecule has 0 amide bonds. The van der Waals surface area contributed by atoms with Crippen LogP contribution >= 0.6 is 22.6 Å². The minimum Gasteiger partial charge on any atom is -0.455 e. The third kappa shape index (κ3) is 5.62. The normalized spacial score (nSPS) is 29.2. The van der Waals surface area contributed by atoms with Crippen LogP contribution in [0.5, 0.6) is 0 Å². The first-order chi connectivity index (χ1) is 15.0. The number of halogens is 1. The van der Waals surface area contributed by atoms with Gasteiger partial charge in [-0.25, -0.2) is 4.79 Å². The fourth-order valence-electron chi connectivity index (χ4n) is 3.54. The molecule has 6 atom stereocenters. The monoisotopic (exact) mass is 540 g/mol. The second-order valence-electron chi connectivity index (χ2n) is 7.00. The van der Waals surface area contributed by atoms with Gasteiger partial charge in [-0.05, 0) is 24.0 Å². The average Bonchev–Trinajstić information content (AvgIpc) is 3.22. The number of hydrogen-bond acceptors (Lipinski definition) is 7. The van der Waals surface area contributed by atoms with Crippen LogP contribution in [0, 0.1) is 0 Å². The van der Waals surface area contributed by atoms with E-state index in [0.717, 1.165) is 5.56 Å². The number of hydrogen-bond donors (Lipinski definition) is 0. The summed E-state index contributed by atoms with van der Waals surface area (Å²) in [7, 11) is 0. The van der Waals surface area contributed by atoms with E-state index in [2.05, 4.69) is 22.6 Å². The van der Waals surface area contributed by atoms with E-state index >= 15 is 0 Å². The van der Waals surface area contributed by atoms with Crippen molar-refractivity contribution in [2.45, 2.75) is 50.8 Å². The topological polar surface area (TPSA) is 80.3 Å². The lowest BCUT2D eigenvalue weighted by atomic mass is 9.99. The number of esters is 2. The molecule has 2 fully saturated rings. The number of ether oxygens (including phenoxy) is 5. The van der Waals surface area contributed by atoms with Gasteiger partial charge in [0, 0.05) is 12.5 Å². The fraction of sp³-hybridized carbons (Fsp3) is 0.391. The molecule has 0 N–H and O–H groups in total. The van der Waals surface area contributed by atoms with Gasteiger partial charge in [0.1, 0.15) is 0 Å². The van der Waals surface area contributed by atoms with Gasteiger partial charge in [0.15, 0.2) is 30.9 Å². The average molecular weight is 540 g/mol. The summed E-state index contributed by atoms with van der Waals surface area (Å²) < 4.78 is 29.0. The van der Waals surface area contributed by atoms with Gasteiger partial charge in [-0.1, -0.05) is 71.1 Å². The van der Waals surface area contributed by atoms with Crippen molar-refractivity contribution >= 4 is 34.5 Å². The van der Waals surface area contributed by atoms with Crippen molar-refractivity contribution in [2.24, 2.45) is 0 Å². The first-order valence-corrected chi connectivity index (χ1v) is 12.0. The zero-order valence-corrected chi connectivity index (χ0v) is 19.6. The molecule has 0 aromatic heterocycles. The summed E-state index contributed by atoms with van der Waals surface area (Å²) in [5.74, 6) is -1.03. The first-order valence-electron chi connectivity index (χ1n) is 9.85. The Bertz CT molecular complexity index is 861. The Morgan fingerprint density at radius 2 is 1.45 bits per heavy atom. The van der Waals surface area contributed by atoms with Crippen LogP contribution in [0.15, 0.2) is 60.7 Å². The molecule has 2 heterocycles. The van der Waals surface area contributed by atoms with E-state index in [1.54, 1.807) is 31.2 Å². The van der Waals surface area contributed by atoms with Crippen molar-refractivity contribution in [3.8, 4) is 0 Å². The molecule has 2 aromatic carbocycles. The van der Waals surface area contributed by atoms with Crippen LogP contribution in [0.4, 0.5) is 0 Å². The molecule has 31 heavy (non-hydrogen) atoms. The van der Waals surface area contributed by atoms with Gasteiger partial charge < -0.3 is 23.7 Å². The molecular formula is C23H25IO7. The number of alkyl halides is 1. The lowest BCUT2D eigenvalue weighted by Crippen LogP contribution is -2.58. The SMILES string of the molecule is CC(=O)OC1C(OC(=O)c2ccccc2)C(C)OC2OC(c3ccccc3)OC21.CI. The van der Waals surface area contributed by atoms with Gasteiger partial charge >= 0.3 is 11.9 Å². The van der Waals surface area contributed by atoms with Crippen molar-refractivity contribution in [1.82, 2.24) is 0 Å². The highest BCUT2D eigenvalue weighted by Gasteiger charge is 2.54. The Morgan fingerprint density at radius 3 is 2.06 bits per heavy atom. The van der Waals surface area contributed by atoms with Crippen LogP contribution < -0.4 is 0 Å². The quantitative estimate of drug-likeness (QED) is 0.329. The fourth-order valence-corrected chi connectivity index (χ4v) is 3.54. The number of fused-ring (bicyclic) bond motifs is 1. The predicted octanol–water partition coefficient (Wildman–Crippen LogP) is 4.05. The molecule has 0 bridgehead atoms. The summed E-state index contributed by atoms with van der Waals surface area (Å²) in [5, 5.41) is 0. The summed E-state index contributed by atoms with van der Waals surface area (Å²) >= 11 is 2.15. The maximum Gasteiger partial charge on any atom is 0.338 e. The number of rotatable bonds is 4. The zero-order valence-electron chi connectivity index (χ0n) is 17.5. The van der Waals surface area contributed by atoms with Crippen molar-refractivity contribution < 1.29 is 33.3 Å². The second kappa shape index (κ2) is 11.0. The van der Waals surface area contributed by atoms with Crippen LogP contribution in [-0.4, -0.2) is 47.6 Å². The Kier molecular flexibility index (Phi) is 8.42. The molecule has 6 unspecified atom stereocenters. The lowest BCUT2D eigenvalue weighted by Gasteiger charge is -2.40. The van der Waals surface area contributed by atoms with E-state index in [1.807, 2.05) is 41.3 Å². The molecule has 4 rings (SSSR count). The van der Waals surface area contributed by atoms with E-state index in [4.69, 9.17) is 23.7 Å². The van der Waals surface area contributed by atoms with E-state index in [-0.39, 0.29) is 0 Å². The largest absolute Gasteiger partial charge is 0.455 e. The van der Waals surface area contributed by atoms with Crippen LogP contribution in [0.1, 0.15) is 36.1 Å². The third-order valence-electron chi connectivity index (χ3n) is 4.89. The van der Waals surface area contributed by atoms with Crippen LogP contribution in [0.2, 0.25) is 0 Å². The third-order valence-corrected chi connectivity index (χ3v) is 4.89. The molecule has 2 aliphatic rings. The lowest BCUT2D eigenvalue weighted by molar-refractivity contribution is -0.247. The molecule has 0 spiro atoms. The van der Waals surface area contributed by atoms with Gasteiger partial charge in [-0.3, -0.25) is 4.79 Å². The van der Waals surface area contributed by atoms with E-state index in [1.165, 1.54) is 6.92 Å². The highest BCUT2D eigenvalue weighted by Crippen LogP contribution is 2.40. The van der Waals surface area contributed by atoms with Gasteiger partial charge in [0.2, 0.25) is 0 Å². The molecule has 8 heteroatoms. The molecule has 2 aliphatic heterocycles. The molecular weight excluding hydrogens is 515 g/mol. The van der Waals surface area contributed by atoms with Gasteiger partial charge in [-0.2, -0.15) is 0 Å². The number of carbonyl (C=O) groups excluding carboxylic acids is 2. The standard InChI is InChI=1S/C22H22O7.CH3I/c1-13-17(27-20(24)15-9-5-3-6-10-15)18(26-14(2)23)19-22(25-13)29-21(28-19)16-11-7-4-8-12-16;1-2/h3-13,17-19,21-22H,1-2H3;1H3. The summed E-state index contributed by atoms with van der Waals surface area (Å²) in [6, 6.07) is 18.0. The predicted molar refractivity (Wildman–Crippen MR) is 121 cm³/mol. The summed E-state index contributed by atoms with van der Waals surface area (Å²) in [6.07, 6.45) is -4.40. The molecule has 7 nitrogen and oxygen atoms in total. The molecule has 2 aromatic rings. The van der Waals surface area contributed by atoms with Crippen LogP contribution in [0.25, 0.3) is 0 Å². The Labute approximate surface area is 195 Å². The Hall–Kier alpha value is -2.01. The maximum absolute atomic E-state index is 12.6. The summed E-state index contributed by atoms with van der Waals surface area (Å²) in [6.45, 7) is 3.05. The van der Waals surface area contributed by atoms with E-state index < -0.39 is 48.9 Å². The summed E-state index contributed by atoms with van der Waals surface area (Å²) in [4.78, 5) is 26.3. The van der Waals surface area contributed by atoms with Gasteiger partial charge in [-0.15, -0.1) is 0 Å². The van der Waals surface area contributed by atoms with Gasteiger partial charge in [0.05, 0.1) is 11.7 Å². The number of benzene rings is 2. The van der Waals surface area contributed by atoms with E-state index in [0.29, 0.717) is 5.56 Å². The van der Waals surface area contributed by atoms with Crippen molar-refractivity contribution in [3.05, 3.63) is 71.8 Å². The molecule has 0 radical (unpaired) electrons. The Morgan fingerprint density at radius 1 is 0.839 bits per heavy atom. The molecule has 2 saturated heterocycles. The van der Waals surface area contributed by atoms with Crippen molar-refractivity contribution in [1.29, 1.82) is 0 Å². The maximum atomic E-state index is 12.6. The second-order valence-corrected chi connectivity index (χ2v) is 7.00. The smallest absolute Gasteiger partial charge is 0.338 e. The Balaban J connectivity index is 0.00000132. The molecule has 0 aliphatic carbocycles. The minimum atomic E-state index is -0.859. The van der Waals surface area contributed by atoms with Crippen LogP contribution in [-0.2, 0) is 28.5 Å². The summed E-state index contributed by atoms with van der Waals surface area (Å²) in [5.41, 5.74) is 1.21. The number of carbonyl (C=O) groups is 2.